The lowest BCUT2D eigenvalue weighted by molar-refractivity contribution is -0.145. The zero-order chi connectivity index (χ0) is 13.8. The van der Waals surface area contributed by atoms with Crippen molar-refractivity contribution in [1.82, 2.24) is 9.88 Å². The molecule has 1 aromatic heterocycles. The quantitative estimate of drug-likeness (QED) is 0.714. The lowest BCUT2D eigenvalue weighted by atomic mass is 10.1. The molecule has 1 atom stereocenters. The molecule has 2 rings (SSSR count). The van der Waals surface area contributed by atoms with Gasteiger partial charge in [0.25, 0.3) is 0 Å². The number of β-amino-alcohol motifs (C(OH)–C–C–N with tert-alkyl or cyclic N) is 1. The first-order valence-electron chi connectivity index (χ1n) is 6.28. The summed E-state index contributed by atoms with van der Waals surface area (Å²) in [6.07, 6.45) is 0.843. The second-order valence-electron chi connectivity index (χ2n) is 4.67. The Morgan fingerprint density at radius 3 is 2.95 bits per heavy atom. The predicted octanol–water partition coefficient (Wildman–Crippen LogP) is 0.312. The van der Waals surface area contributed by atoms with Gasteiger partial charge in [-0.25, -0.2) is 4.98 Å². The molecule has 1 fully saturated rings. The van der Waals surface area contributed by atoms with E-state index in [-0.39, 0.29) is 6.54 Å². The summed E-state index contributed by atoms with van der Waals surface area (Å²) in [7, 11) is 0. The number of pyridine rings is 1. The zero-order valence-electron chi connectivity index (χ0n) is 10.8. The zero-order valence-corrected chi connectivity index (χ0v) is 10.8. The van der Waals surface area contributed by atoms with Crippen LogP contribution in [0.15, 0.2) is 18.2 Å². The van der Waals surface area contributed by atoms with Crippen molar-refractivity contribution in [3.05, 3.63) is 23.9 Å². The van der Waals surface area contributed by atoms with Crippen LogP contribution in [0.4, 0.5) is 5.82 Å². The van der Waals surface area contributed by atoms with Gasteiger partial charge in [-0.1, -0.05) is 6.07 Å². The van der Waals surface area contributed by atoms with Crippen LogP contribution >= 0.6 is 0 Å². The largest absolute Gasteiger partial charge is 0.391 e. The molecule has 19 heavy (non-hydrogen) atoms. The van der Waals surface area contributed by atoms with Crippen molar-refractivity contribution in [2.75, 3.05) is 18.4 Å². The molecule has 6 nitrogen and oxygen atoms in total. The van der Waals surface area contributed by atoms with E-state index < -0.39 is 17.9 Å². The summed E-state index contributed by atoms with van der Waals surface area (Å²) in [5, 5.41) is 12.0. The molecule has 1 unspecified atom stereocenters. The van der Waals surface area contributed by atoms with E-state index in [9.17, 15) is 14.7 Å². The van der Waals surface area contributed by atoms with Crippen LogP contribution in [0, 0.1) is 6.92 Å². The van der Waals surface area contributed by atoms with Crippen LogP contribution in [-0.4, -0.2) is 46.0 Å². The van der Waals surface area contributed by atoms with Crippen molar-refractivity contribution < 1.29 is 14.7 Å². The van der Waals surface area contributed by atoms with Gasteiger partial charge in [0.05, 0.1) is 6.10 Å². The topological polar surface area (TPSA) is 82.5 Å². The summed E-state index contributed by atoms with van der Waals surface area (Å²) in [6.45, 7) is 2.52. The van der Waals surface area contributed by atoms with Crippen LogP contribution < -0.4 is 5.32 Å². The molecule has 1 aromatic rings. The summed E-state index contributed by atoms with van der Waals surface area (Å²) < 4.78 is 0. The fraction of sp³-hybridized carbons (Fsp3) is 0.462. The number of carbonyl (C=O) groups excluding carboxylic acids is 2. The van der Waals surface area contributed by atoms with E-state index in [0.717, 1.165) is 5.69 Å². The first-order valence-corrected chi connectivity index (χ1v) is 6.28. The molecule has 0 bridgehead atoms. The van der Waals surface area contributed by atoms with Gasteiger partial charge < -0.3 is 15.3 Å². The van der Waals surface area contributed by atoms with Gasteiger partial charge in [0.2, 0.25) is 0 Å². The molecule has 1 aliphatic heterocycles. The van der Waals surface area contributed by atoms with Crippen LogP contribution in [0.2, 0.25) is 0 Å². The van der Waals surface area contributed by atoms with Crippen molar-refractivity contribution in [3.63, 3.8) is 0 Å². The Morgan fingerprint density at radius 2 is 2.26 bits per heavy atom. The van der Waals surface area contributed by atoms with Crippen molar-refractivity contribution in [3.8, 4) is 0 Å². The van der Waals surface area contributed by atoms with Gasteiger partial charge in [-0.3, -0.25) is 9.59 Å². The van der Waals surface area contributed by atoms with Gasteiger partial charge in [0.15, 0.2) is 0 Å². The average molecular weight is 263 g/mol. The highest BCUT2D eigenvalue weighted by atomic mass is 16.3. The molecule has 0 radical (unpaired) electrons. The minimum atomic E-state index is -0.716. The molecule has 6 heteroatoms. The van der Waals surface area contributed by atoms with Gasteiger partial charge in [-0.15, -0.1) is 0 Å². The van der Waals surface area contributed by atoms with Gasteiger partial charge in [0.1, 0.15) is 5.82 Å². The maximum absolute atomic E-state index is 11.9. The smallest absolute Gasteiger partial charge is 0.315 e. The first-order chi connectivity index (χ1) is 9.06. The number of amides is 2. The number of aliphatic hydroxyl groups is 1. The van der Waals surface area contributed by atoms with Crippen LogP contribution in [0.1, 0.15) is 18.5 Å². The molecular weight excluding hydrogens is 246 g/mol. The van der Waals surface area contributed by atoms with E-state index >= 15 is 0 Å². The number of nitrogens with one attached hydrogen (secondary N) is 1. The SMILES string of the molecule is Cc1cccc(NC(=O)C(=O)N2CCCC(O)C2)n1. The van der Waals surface area contributed by atoms with Gasteiger partial charge in [-0.2, -0.15) is 0 Å². The first kappa shape index (κ1) is 13.5. The molecular formula is C13H17N3O3. The van der Waals surface area contributed by atoms with Crippen molar-refractivity contribution in [2.24, 2.45) is 0 Å². The van der Waals surface area contributed by atoms with E-state index in [1.54, 1.807) is 25.1 Å². The lowest BCUT2D eigenvalue weighted by Gasteiger charge is -2.29. The van der Waals surface area contributed by atoms with Crippen LogP contribution in [0.25, 0.3) is 0 Å². The molecule has 2 N–H and O–H groups in total. The van der Waals surface area contributed by atoms with Crippen LogP contribution in [0.5, 0.6) is 0 Å². The Morgan fingerprint density at radius 1 is 1.47 bits per heavy atom. The van der Waals surface area contributed by atoms with Crippen LogP contribution in [-0.2, 0) is 9.59 Å². The number of hydrogen-bond acceptors (Lipinski definition) is 4. The summed E-state index contributed by atoms with van der Waals surface area (Å²) >= 11 is 0. The molecule has 1 saturated heterocycles. The number of carbonyl (C=O) groups is 2. The maximum Gasteiger partial charge on any atom is 0.315 e. The second-order valence-corrected chi connectivity index (χ2v) is 4.67. The molecule has 2 amide bonds. The van der Waals surface area contributed by atoms with E-state index in [4.69, 9.17) is 0 Å². The Kier molecular flexibility index (Phi) is 4.11. The van der Waals surface area contributed by atoms with Gasteiger partial charge in [-0.05, 0) is 31.9 Å². The number of piperidine rings is 1. The minimum Gasteiger partial charge on any atom is -0.391 e. The third-order valence-electron chi connectivity index (χ3n) is 3.01. The predicted molar refractivity (Wildman–Crippen MR) is 69.4 cm³/mol. The van der Waals surface area contributed by atoms with E-state index in [2.05, 4.69) is 10.3 Å². The Hall–Kier alpha value is -1.95. The van der Waals surface area contributed by atoms with E-state index in [1.165, 1.54) is 4.90 Å². The average Bonchev–Trinajstić information content (AvgIpc) is 2.38. The number of aryl methyl sites for hydroxylation is 1. The normalized spacial score (nSPS) is 19.1. The molecule has 1 aliphatic rings. The maximum atomic E-state index is 11.9. The fourth-order valence-corrected chi connectivity index (χ4v) is 2.07. The molecule has 0 saturated carbocycles. The Labute approximate surface area is 111 Å². The number of hydrogen-bond donors (Lipinski definition) is 2. The lowest BCUT2D eigenvalue weighted by Crippen LogP contribution is -2.46. The standard InChI is InChI=1S/C13H17N3O3/c1-9-4-2-6-11(14-9)15-12(18)13(19)16-7-3-5-10(17)8-16/h2,4,6,10,17H,3,5,7-8H2,1H3,(H,14,15,18). The Bertz CT molecular complexity index is 490. The highest BCUT2D eigenvalue weighted by molar-refractivity contribution is 6.39. The molecule has 0 aliphatic carbocycles. The number of likely N-dealkylation sites (tertiary alicyclic amines) is 1. The van der Waals surface area contributed by atoms with Crippen LogP contribution in [0.3, 0.4) is 0 Å². The minimum absolute atomic E-state index is 0.216. The summed E-state index contributed by atoms with van der Waals surface area (Å²) in [4.78, 5) is 29.2. The monoisotopic (exact) mass is 263 g/mol. The second kappa shape index (κ2) is 5.79. The summed E-state index contributed by atoms with van der Waals surface area (Å²) in [6, 6.07) is 5.19. The third-order valence-corrected chi connectivity index (χ3v) is 3.01. The van der Waals surface area contributed by atoms with Gasteiger partial charge >= 0.3 is 11.8 Å². The molecule has 0 spiro atoms. The van der Waals surface area contributed by atoms with E-state index in [1.807, 2.05) is 0 Å². The third kappa shape index (κ3) is 3.51. The number of anilines is 1. The molecule has 0 aromatic carbocycles. The van der Waals surface area contributed by atoms with Crippen molar-refractivity contribution in [1.29, 1.82) is 0 Å². The van der Waals surface area contributed by atoms with Crippen molar-refractivity contribution >= 4 is 17.6 Å². The fourth-order valence-electron chi connectivity index (χ4n) is 2.07. The Balaban J connectivity index is 1.97. The van der Waals surface area contributed by atoms with E-state index in [0.29, 0.717) is 25.2 Å². The highest BCUT2D eigenvalue weighted by Gasteiger charge is 2.27. The summed E-state index contributed by atoms with van der Waals surface area (Å²) in [5.41, 5.74) is 0.763. The van der Waals surface area contributed by atoms with Crippen molar-refractivity contribution in [2.45, 2.75) is 25.9 Å². The molecule has 102 valence electrons. The summed E-state index contributed by atoms with van der Waals surface area (Å²) in [5.74, 6) is -0.981. The highest BCUT2D eigenvalue weighted by Crippen LogP contribution is 2.11. The number of aromatic nitrogens is 1. The molecule has 2 heterocycles. The number of aliphatic hydroxyl groups excluding tert-OH is 1. The number of nitrogens with zero attached hydrogens (tertiary/aromatic N) is 2. The van der Waals surface area contributed by atoms with Gasteiger partial charge in [0, 0.05) is 18.8 Å². The number of rotatable bonds is 1.